The van der Waals surface area contributed by atoms with Crippen LogP contribution in [0.1, 0.15) is 11.1 Å². The number of carbonyl (C=O) groups is 2. The molecule has 0 aromatic heterocycles. The van der Waals surface area contributed by atoms with E-state index in [0.717, 1.165) is 12.1 Å². The molecule has 0 aliphatic rings. The second kappa shape index (κ2) is 7.63. The lowest BCUT2D eigenvalue weighted by Gasteiger charge is -2.15. The zero-order chi connectivity index (χ0) is 17.7. The first kappa shape index (κ1) is 17.5. The summed E-state index contributed by atoms with van der Waals surface area (Å²) in [5.41, 5.74) is 0.0714. The van der Waals surface area contributed by atoms with E-state index in [1.54, 1.807) is 6.07 Å². The summed E-state index contributed by atoms with van der Waals surface area (Å²) in [7, 11) is 0. The van der Waals surface area contributed by atoms with Crippen LogP contribution in [0.2, 0.25) is 0 Å². The maximum absolute atomic E-state index is 13.6. The highest BCUT2D eigenvalue weighted by molar-refractivity contribution is 5.85. The highest BCUT2D eigenvalue weighted by Gasteiger charge is 2.22. The van der Waals surface area contributed by atoms with Gasteiger partial charge in [-0.25, -0.2) is 18.0 Å². The Hall–Kier alpha value is -2.83. The number of aliphatic carboxylic acids is 1. The van der Waals surface area contributed by atoms with Crippen LogP contribution >= 0.6 is 0 Å². The Morgan fingerprint density at radius 1 is 1.00 bits per heavy atom. The van der Waals surface area contributed by atoms with E-state index in [2.05, 4.69) is 5.32 Å². The van der Waals surface area contributed by atoms with E-state index in [9.17, 15) is 27.9 Å². The molecule has 2 aromatic rings. The normalized spacial score (nSPS) is 11.8. The molecule has 1 amide bonds. The van der Waals surface area contributed by atoms with Gasteiger partial charge in [-0.15, -0.1) is 0 Å². The van der Waals surface area contributed by atoms with E-state index in [4.69, 9.17) is 0 Å². The Morgan fingerprint density at radius 3 is 2.33 bits per heavy atom. The number of carboxylic acids is 1. The molecular weight excluding hydrogens is 323 g/mol. The number of halogens is 3. The number of nitrogens with one attached hydrogen (secondary N) is 1. The Labute approximate surface area is 135 Å². The van der Waals surface area contributed by atoms with E-state index < -0.39 is 41.8 Å². The van der Waals surface area contributed by atoms with Crippen LogP contribution in [0.15, 0.2) is 42.5 Å². The van der Waals surface area contributed by atoms with Gasteiger partial charge in [0.1, 0.15) is 23.5 Å². The summed E-state index contributed by atoms with van der Waals surface area (Å²) in [5.74, 6) is -4.36. The van der Waals surface area contributed by atoms with Crippen molar-refractivity contribution in [2.24, 2.45) is 0 Å². The Balaban J connectivity index is 2.06. The van der Waals surface area contributed by atoms with Gasteiger partial charge >= 0.3 is 5.97 Å². The number of hydrogen-bond donors (Lipinski definition) is 2. The number of amides is 1. The van der Waals surface area contributed by atoms with Gasteiger partial charge in [0, 0.05) is 12.5 Å². The molecule has 0 aliphatic heterocycles. The average molecular weight is 337 g/mol. The van der Waals surface area contributed by atoms with Crippen LogP contribution < -0.4 is 5.32 Å². The summed E-state index contributed by atoms with van der Waals surface area (Å²) < 4.78 is 39.9. The molecule has 24 heavy (non-hydrogen) atoms. The minimum Gasteiger partial charge on any atom is -0.480 e. The molecule has 4 nitrogen and oxygen atoms in total. The van der Waals surface area contributed by atoms with Crippen molar-refractivity contribution in [1.82, 2.24) is 5.32 Å². The van der Waals surface area contributed by atoms with E-state index in [-0.39, 0.29) is 17.5 Å². The van der Waals surface area contributed by atoms with Crippen molar-refractivity contribution in [1.29, 1.82) is 0 Å². The second-order valence-electron chi connectivity index (χ2n) is 5.17. The fourth-order valence-corrected chi connectivity index (χ4v) is 2.17. The van der Waals surface area contributed by atoms with E-state index in [1.165, 1.54) is 18.2 Å². The highest BCUT2D eigenvalue weighted by Crippen LogP contribution is 2.12. The van der Waals surface area contributed by atoms with Crippen molar-refractivity contribution in [3.05, 3.63) is 71.0 Å². The number of hydrogen-bond acceptors (Lipinski definition) is 2. The van der Waals surface area contributed by atoms with Gasteiger partial charge < -0.3 is 10.4 Å². The van der Waals surface area contributed by atoms with Crippen molar-refractivity contribution in [3.8, 4) is 0 Å². The van der Waals surface area contributed by atoms with E-state index >= 15 is 0 Å². The third-order valence-electron chi connectivity index (χ3n) is 3.38. The summed E-state index contributed by atoms with van der Waals surface area (Å²) in [4.78, 5) is 23.2. The highest BCUT2D eigenvalue weighted by atomic mass is 19.1. The SMILES string of the molecule is O=C(Cc1ccc(F)cc1F)N[C@H](Cc1ccccc1F)C(=O)O. The second-order valence-corrected chi connectivity index (χ2v) is 5.17. The van der Waals surface area contributed by atoms with Gasteiger partial charge in [-0.1, -0.05) is 24.3 Å². The lowest BCUT2D eigenvalue weighted by Crippen LogP contribution is -2.43. The van der Waals surface area contributed by atoms with Gasteiger partial charge in [-0.2, -0.15) is 0 Å². The number of benzene rings is 2. The molecule has 2 N–H and O–H groups in total. The van der Waals surface area contributed by atoms with Crippen LogP contribution in [0.4, 0.5) is 13.2 Å². The molecule has 126 valence electrons. The molecule has 2 rings (SSSR count). The molecule has 0 heterocycles. The first-order chi connectivity index (χ1) is 11.4. The van der Waals surface area contributed by atoms with Crippen LogP contribution in [0.5, 0.6) is 0 Å². The van der Waals surface area contributed by atoms with Crippen molar-refractivity contribution in [3.63, 3.8) is 0 Å². The molecule has 0 unspecified atom stereocenters. The van der Waals surface area contributed by atoms with Gasteiger partial charge in [0.15, 0.2) is 0 Å². The fraction of sp³-hybridized carbons (Fsp3) is 0.176. The quantitative estimate of drug-likeness (QED) is 0.851. The van der Waals surface area contributed by atoms with E-state index in [1.807, 2.05) is 0 Å². The largest absolute Gasteiger partial charge is 0.480 e. The van der Waals surface area contributed by atoms with Crippen molar-refractivity contribution >= 4 is 11.9 Å². The number of rotatable bonds is 6. The predicted molar refractivity (Wildman–Crippen MR) is 79.7 cm³/mol. The van der Waals surface area contributed by atoms with Gasteiger partial charge in [-0.05, 0) is 23.3 Å². The monoisotopic (exact) mass is 337 g/mol. The topological polar surface area (TPSA) is 66.4 Å². The molecule has 0 spiro atoms. The first-order valence-corrected chi connectivity index (χ1v) is 7.06. The van der Waals surface area contributed by atoms with Crippen LogP contribution in [0, 0.1) is 17.5 Å². The third kappa shape index (κ3) is 4.58. The molecule has 0 saturated heterocycles. The Kier molecular flexibility index (Phi) is 5.57. The van der Waals surface area contributed by atoms with Gasteiger partial charge in [0.25, 0.3) is 0 Å². The smallest absolute Gasteiger partial charge is 0.326 e. The minimum atomic E-state index is -1.36. The maximum atomic E-state index is 13.6. The summed E-state index contributed by atoms with van der Waals surface area (Å²) in [6.45, 7) is 0. The average Bonchev–Trinajstić information content (AvgIpc) is 2.51. The lowest BCUT2D eigenvalue weighted by molar-refractivity contribution is -0.141. The molecule has 0 bridgehead atoms. The molecule has 0 fully saturated rings. The van der Waals surface area contributed by atoms with Gasteiger partial charge in [-0.3, -0.25) is 4.79 Å². The first-order valence-electron chi connectivity index (χ1n) is 7.06. The van der Waals surface area contributed by atoms with Crippen molar-refractivity contribution in [2.75, 3.05) is 0 Å². The summed E-state index contributed by atoms with van der Waals surface area (Å²) in [6, 6.07) is 6.99. The Bertz CT molecular complexity index is 764. The fourth-order valence-electron chi connectivity index (χ4n) is 2.17. The minimum absolute atomic E-state index is 0.0658. The molecular formula is C17H14F3NO3. The summed E-state index contributed by atoms with van der Waals surface area (Å²) >= 11 is 0. The predicted octanol–water partition coefficient (Wildman–Crippen LogP) is 2.46. The van der Waals surface area contributed by atoms with Gasteiger partial charge in [0.05, 0.1) is 6.42 Å². The number of carboxylic acid groups (broad SMARTS) is 1. The Morgan fingerprint density at radius 2 is 1.71 bits per heavy atom. The molecule has 0 aliphatic carbocycles. The van der Waals surface area contributed by atoms with Crippen LogP contribution in [0.3, 0.4) is 0 Å². The molecule has 0 radical (unpaired) electrons. The van der Waals surface area contributed by atoms with Gasteiger partial charge in [0.2, 0.25) is 5.91 Å². The standard InChI is InChI=1S/C17H14F3NO3/c18-12-6-5-11(14(20)9-12)8-16(22)21-15(17(23)24)7-10-3-1-2-4-13(10)19/h1-6,9,15H,7-8H2,(H,21,22)(H,23,24)/t15-/m1/s1. The third-order valence-corrected chi connectivity index (χ3v) is 3.38. The number of carbonyl (C=O) groups excluding carboxylic acids is 1. The van der Waals surface area contributed by atoms with Crippen molar-refractivity contribution in [2.45, 2.75) is 18.9 Å². The zero-order valence-electron chi connectivity index (χ0n) is 12.4. The summed E-state index contributed by atoms with van der Waals surface area (Å²) in [5, 5.41) is 11.4. The zero-order valence-corrected chi connectivity index (χ0v) is 12.4. The molecule has 1 atom stereocenters. The van der Waals surface area contributed by atoms with Crippen molar-refractivity contribution < 1.29 is 27.9 Å². The lowest BCUT2D eigenvalue weighted by atomic mass is 10.0. The van der Waals surface area contributed by atoms with Crippen LogP contribution in [-0.4, -0.2) is 23.0 Å². The van der Waals surface area contributed by atoms with E-state index in [0.29, 0.717) is 6.07 Å². The molecule has 0 saturated carbocycles. The van der Waals surface area contributed by atoms with Crippen LogP contribution in [-0.2, 0) is 22.4 Å². The summed E-state index contributed by atoms with van der Waals surface area (Å²) in [6.07, 6.45) is -0.702. The molecule has 2 aromatic carbocycles. The maximum Gasteiger partial charge on any atom is 0.326 e. The van der Waals surface area contributed by atoms with Crippen LogP contribution in [0.25, 0.3) is 0 Å². The molecule has 7 heteroatoms.